The fraction of sp³-hybridized carbons (Fsp3) is 0.667. The van der Waals surface area contributed by atoms with Gasteiger partial charge in [0.05, 0.1) is 10.8 Å². The van der Waals surface area contributed by atoms with Crippen LogP contribution in [0.25, 0.3) is 0 Å². The van der Waals surface area contributed by atoms with Crippen molar-refractivity contribution in [2.75, 3.05) is 0 Å². The van der Waals surface area contributed by atoms with Crippen LogP contribution in [0.1, 0.15) is 27.7 Å². The largest absolute Gasteiger partial charge is 0.340 e. The zero-order valence-corrected chi connectivity index (χ0v) is 11.0. The van der Waals surface area contributed by atoms with Gasteiger partial charge in [-0.25, -0.2) is 0 Å². The second kappa shape index (κ2) is 5.13. The Morgan fingerprint density at radius 1 is 0.933 bits per heavy atom. The van der Waals surface area contributed by atoms with Gasteiger partial charge >= 0.3 is 0 Å². The van der Waals surface area contributed by atoms with E-state index in [1.807, 2.05) is 0 Å². The summed E-state index contributed by atoms with van der Waals surface area (Å²) < 4.78 is 5.41. The molecule has 0 bridgehead atoms. The van der Waals surface area contributed by atoms with Gasteiger partial charge in [-0.2, -0.15) is 0 Å². The Balaban J connectivity index is 4.53. The van der Waals surface area contributed by atoms with E-state index >= 15 is 0 Å². The highest BCUT2D eigenvalue weighted by atomic mass is 35.5. The van der Waals surface area contributed by atoms with E-state index in [0.29, 0.717) is 0 Å². The Morgan fingerprint density at radius 3 is 1.40 bits per heavy atom. The highest BCUT2D eigenvalue weighted by Gasteiger charge is 2.34. The predicted octanol–water partition coefficient (Wildman–Crippen LogP) is 3.45. The number of halogens is 2. The van der Waals surface area contributed by atoms with Gasteiger partial charge in [0.15, 0.2) is 0 Å². The summed E-state index contributed by atoms with van der Waals surface area (Å²) in [5.41, 5.74) is -2.51. The van der Waals surface area contributed by atoms with E-state index < -0.39 is 22.0 Å². The molecule has 0 aromatic rings. The van der Waals surface area contributed by atoms with Crippen LogP contribution in [0.4, 0.5) is 0 Å². The molecule has 0 rings (SSSR count). The Bertz CT molecular complexity index is 264. The van der Waals surface area contributed by atoms with Crippen molar-refractivity contribution in [2.45, 2.75) is 38.8 Å². The van der Waals surface area contributed by atoms with Crippen molar-refractivity contribution in [3.8, 4) is 24.7 Å². The van der Waals surface area contributed by atoms with Crippen LogP contribution in [0.15, 0.2) is 0 Å². The van der Waals surface area contributed by atoms with E-state index in [4.69, 9.17) is 40.8 Å². The summed E-state index contributed by atoms with van der Waals surface area (Å²) in [6, 6.07) is 0. The zero-order valence-electron chi connectivity index (χ0n) is 9.47. The number of rotatable bonds is 4. The summed E-state index contributed by atoms with van der Waals surface area (Å²) in [5, 5.41) is 0. The third-order valence-corrected chi connectivity index (χ3v) is 3.41. The average molecular weight is 247 g/mol. The van der Waals surface area contributed by atoms with E-state index in [2.05, 4.69) is 11.8 Å². The first-order chi connectivity index (χ1) is 6.67. The third kappa shape index (κ3) is 3.96. The minimum absolute atomic E-state index is 0.584. The van der Waals surface area contributed by atoms with E-state index in [9.17, 15) is 0 Å². The van der Waals surface area contributed by atoms with Gasteiger partial charge < -0.3 is 4.74 Å². The monoisotopic (exact) mass is 246 g/mol. The van der Waals surface area contributed by atoms with Crippen molar-refractivity contribution in [2.24, 2.45) is 10.8 Å². The van der Waals surface area contributed by atoms with Gasteiger partial charge in [0, 0.05) is 0 Å². The topological polar surface area (TPSA) is 9.23 Å². The average Bonchev–Trinajstić information content (AvgIpc) is 2.17. The number of ether oxygens (including phenoxy) is 1. The smallest absolute Gasteiger partial charge is 0.149 e. The molecule has 0 saturated carbocycles. The highest BCUT2D eigenvalue weighted by Crippen LogP contribution is 2.33. The molecule has 0 N–H and O–H groups in total. The van der Waals surface area contributed by atoms with Crippen LogP contribution in [-0.2, 0) is 4.74 Å². The molecule has 0 radical (unpaired) electrons. The Labute approximate surface area is 102 Å². The molecule has 0 aliphatic carbocycles. The molecule has 0 aliphatic rings. The Morgan fingerprint density at radius 2 is 1.20 bits per heavy atom. The molecule has 2 atom stereocenters. The van der Waals surface area contributed by atoms with E-state index in [0.717, 1.165) is 0 Å². The molecule has 1 nitrogen and oxygen atoms in total. The van der Waals surface area contributed by atoms with Crippen molar-refractivity contribution in [1.29, 1.82) is 0 Å². The number of alkyl halides is 2. The fourth-order valence-corrected chi connectivity index (χ4v) is 0.961. The molecule has 0 saturated heterocycles. The molecular weight excluding hydrogens is 231 g/mol. The lowest BCUT2D eigenvalue weighted by Gasteiger charge is -2.31. The summed E-state index contributed by atoms with van der Waals surface area (Å²) in [7, 11) is 0. The molecule has 0 heterocycles. The normalized spacial score (nSPS) is 16.3. The first-order valence-electron chi connectivity index (χ1n) is 4.56. The van der Waals surface area contributed by atoms with Crippen molar-refractivity contribution >= 4 is 23.2 Å². The molecule has 0 aromatic carbocycles. The van der Waals surface area contributed by atoms with Crippen LogP contribution in [-0.4, -0.2) is 11.1 Å². The van der Waals surface area contributed by atoms with E-state index in [-0.39, 0.29) is 0 Å². The van der Waals surface area contributed by atoms with Crippen molar-refractivity contribution < 1.29 is 4.74 Å². The van der Waals surface area contributed by atoms with Crippen LogP contribution < -0.4 is 0 Å². The maximum atomic E-state index is 6.01. The van der Waals surface area contributed by atoms with E-state index in [1.54, 1.807) is 27.7 Å². The lowest BCUT2D eigenvalue weighted by atomic mass is 9.94. The second-order valence-electron chi connectivity index (χ2n) is 4.50. The Hall–Kier alpha value is -0.340. The van der Waals surface area contributed by atoms with Crippen LogP contribution in [0.2, 0.25) is 0 Å². The molecule has 0 fully saturated rings. The maximum Gasteiger partial charge on any atom is 0.149 e. The van der Waals surface area contributed by atoms with Gasteiger partial charge in [-0.15, -0.1) is 12.8 Å². The van der Waals surface area contributed by atoms with Crippen molar-refractivity contribution in [3.05, 3.63) is 0 Å². The quantitative estimate of drug-likeness (QED) is 0.546. The van der Waals surface area contributed by atoms with Crippen molar-refractivity contribution in [1.82, 2.24) is 0 Å². The molecule has 0 aliphatic heterocycles. The molecule has 0 spiro atoms. The van der Waals surface area contributed by atoms with Gasteiger partial charge in [0.1, 0.15) is 11.1 Å². The van der Waals surface area contributed by atoms with Crippen LogP contribution in [0.5, 0.6) is 0 Å². The second-order valence-corrected chi connectivity index (χ2v) is 5.29. The maximum absolute atomic E-state index is 6.01. The van der Waals surface area contributed by atoms with Crippen LogP contribution >= 0.6 is 23.2 Å². The summed E-state index contributed by atoms with van der Waals surface area (Å²) in [6.45, 7) is 7.21. The number of hydrogen-bond donors (Lipinski definition) is 0. The molecule has 2 unspecified atom stereocenters. The van der Waals surface area contributed by atoms with Gasteiger partial charge in [-0.05, 0) is 27.7 Å². The highest BCUT2D eigenvalue weighted by molar-refractivity contribution is 6.22. The van der Waals surface area contributed by atoms with Crippen LogP contribution in [0.3, 0.4) is 0 Å². The third-order valence-electron chi connectivity index (χ3n) is 2.12. The molecular formula is C12H16Cl2O. The molecule has 15 heavy (non-hydrogen) atoms. The van der Waals surface area contributed by atoms with Crippen LogP contribution in [0, 0.1) is 35.5 Å². The summed E-state index contributed by atoms with van der Waals surface area (Å²) in [6.07, 6.45) is 10.7. The standard InChI is InChI=1S/C12H16Cl2O/c1-7-11(3,4)9(13)15-10(14)12(5,6)8-2/h1-2,9-10H,3-6H3. The van der Waals surface area contributed by atoms with Gasteiger partial charge in [0.25, 0.3) is 0 Å². The minimum atomic E-state index is -0.669. The first-order valence-corrected chi connectivity index (χ1v) is 5.44. The molecule has 0 amide bonds. The lowest BCUT2D eigenvalue weighted by Crippen LogP contribution is -2.34. The number of terminal acetylenes is 2. The lowest BCUT2D eigenvalue weighted by molar-refractivity contribution is -0.00272. The van der Waals surface area contributed by atoms with E-state index in [1.165, 1.54) is 0 Å². The van der Waals surface area contributed by atoms with Gasteiger partial charge in [-0.3, -0.25) is 0 Å². The first kappa shape index (κ1) is 14.7. The Kier molecular flexibility index (Phi) is 5.01. The minimum Gasteiger partial charge on any atom is -0.340 e. The SMILES string of the molecule is C#CC(C)(C)C(Cl)OC(Cl)C(C)(C)C#C. The van der Waals surface area contributed by atoms with Crippen molar-refractivity contribution in [3.63, 3.8) is 0 Å². The predicted molar refractivity (Wildman–Crippen MR) is 65.6 cm³/mol. The number of hydrogen-bond acceptors (Lipinski definition) is 1. The summed E-state index contributed by atoms with van der Waals surface area (Å²) in [4.78, 5) is 0. The molecule has 84 valence electrons. The summed E-state index contributed by atoms with van der Waals surface area (Å²) in [5.74, 6) is 5.10. The summed E-state index contributed by atoms with van der Waals surface area (Å²) >= 11 is 12.0. The van der Waals surface area contributed by atoms with Gasteiger partial charge in [0.2, 0.25) is 0 Å². The fourth-order valence-electron chi connectivity index (χ4n) is 0.576. The molecule has 3 heteroatoms. The van der Waals surface area contributed by atoms with Gasteiger partial charge in [-0.1, -0.05) is 35.0 Å². The zero-order chi connectivity index (χ0) is 12.3. The molecule has 0 aromatic heterocycles.